The van der Waals surface area contributed by atoms with Gasteiger partial charge < -0.3 is 15.2 Å². The molecule has 3 nitrogen and oxygen atoms in total. The fourth-order valence-electron chi connectivity index (χ4n) is 2.69. The molecule has 19 heavy (non-hydrogen) atoms. The van der Waals surface area contributed by atoms with Crippen molar-refractivity contribution in [3.63, 3.8) is 0 Å². The summed E-state index contributed by atoms with van der Waals surface area (Å²) in [6.45, 7) is -2.86. The molecule has 0 radical (unpaired) electrons. The van der Waals surface area contributed by atoms with Crippen LogP contribution in [0.2, 0.25) is 0 Å². The smallest absolute Gasteiger partial charge is 0.387 e. The van der Waals surface area contributed by atoms with E-state index in [0.717, 1.165) is 31.2 Å². The standard InChI is InChI=1S/C14H19F2NO2/c1-18-12-7-6-9(8-13(12)19-14(15)16)10-4-2-3-5-11(10)17/h6-8,10-11,14H,2-5,17H2,1H3/t10-,11-/m0/s1. The molecule has 0 heterocycles. The molecule has 0 bridgehead atoms. The maximum absolute atomic E-state index is 12.4. The highest BCUT2D eigenvalue weighted by atomic mass is 19.3. The predicted molar refractivity (Wildman–Crippen MR) is 68.8 cm³/mol. The highest BCUT2D eigenvalue weighted by molar-refractivity contribution is 5.44. The van der Waals surface area contributed by atoms with Crippen molar-refractivity contribution in [3.05, 3.63) is 23.8 Å². The first-order valence-corrected chi connectivity index (χ1v) is 6.50. The van der Waals surface area contributed by atoms with Crippen molar-refractivity contribution in [2.75, 3.05) is 7.11 Å². The van der Waals surface area contributed by atoms with Crippen LogP contribution in [0.5, 0.6) is 11.5 Å². The Balaban J connectivity index is 2.25. The minimum atomic E-state index is -2.86. The van der Waals surface area contributed by atoms with Crippen LogP contribution in [-0.4, -0.2) is 19.8 Å². The van der Waals surface area contributed by atoms with E-state index in [9.17, 15) is 8.78 Å². The van der Waals surface area contributed by atoms with Gasteiger partial charge in [-0.05, 0) is 36.5 Å². The summed E-state index contributed by atoms with van der Waals surface area (Å²) in [4.78, 5) is 0. The van der Waals surface area contributed by atoms with Crippen LogP contribution in [0.4, 0.5) is 8.78 Å². The summed E-state index contributed by atoms with van der Waals surface area (Å²) >= 11 is 0. The van der Waals surface area contributed by atoms with Crippen LogP contribution in [0.1, 0.15) is 37.2 Å². The molecule has 5 heteroatoms. The lowest BCUT2D eigenvalue weighted by Crippen LogP contribution is -2.31. The summed E-state index contributed by atoms with van der Waals surface area (Å²) in [6.07, 6.45) is 4.22. The number of halogens is 2. The first-order chi connectivity index (χ1) is 9.11. The number of hydrogen-bond acceptors (Lipinski definition) is 3. The molecule has 1 aromatic rings. The van der Waals surface area contributed by atoms with Gasteiger partial charge in [-0.2, -0.15) is 8.78 Å². The van der Waals surface area contributed by atoms with Crippen molar-refractivity contribution < 1.29 is 18.3 Å². The zero-order valence-corrected chi connectivity index (χ0v) is 10.9. The van der Waals surface area contributed by atoms with E-state index in [1.807, 2.05) is 6.07 Å². The van der Waals surface area contributed by atoms with Crippen LogP contribution in [0.3, 0.4) is 0 Å². The second kappa shape index (κ2) is 6.19. The summed E-state index contributed by atoms with van der Waals surface area (Å²) in [6, 6.07) is 5.25. The molecule has 1 aliphatic carbocycles. The van der Waals surface area contributed by atoms with E-state index >= 15 is 0 Å². The summed E-state index contributed by atoms with van der Waals surface area (Å²) in [5, 5.41) is 0. The van der Waals surface area contributed by atoms with Gasteiger partial charge in [0, 0.05) is 6.04 Å². The number of rotatable bonds is 4. The zero-order chi connectivity index (χ0) is 13.8. The second-order valence-corrected chi connectivity index (χ2v) is 4.84. The molecule has 0 aliphatic heterocycles. The first kappa shape index (κ1) is 14.1. The van der Waals surface area contributed by atoms with Gasteiger partial charge in [0.15, 0.2) is 11.5 Å². The number of hydrogen-bond donors (Lipinski definition) is 1. The molecular weight excluding hydrogens is 252 g/mol. The van der Waals surface area contributed by atoms with E-state index in [-0.39, 0.29) is 17.7 Å². The predicted octanol–water partition coefficient (Wildman–Crippen LogP) is 3.28. The quantitative estimate of drug-likeness (QED) is 0.914. The summed E-state index contributed by atoms with van der Waals surface area (Å²) in [5.74, 6) is 0.598. The summed E-state index contributed by atoms with van der Waals surface area (Å²) in [5.41, 5.74) is 7.06. The van der Waals surface area contributed by atoms with Crippen molar-refractivity contribution >= 4 is 0 Å². The highest BCUT2D eigenvalue weighted by Crippen LogP contribution is 2.37. The van der Waals surface area contributed by atoms with E-state index in [0.29, 0.717) is 5.75 Å². The third kappa shape index (κ3) is 3.35. The molecular formula is C14H19F2NO2. The van der Waals surface area contributed by atoms with Crippen molar-refractivity contribution in [2.24, 2.45) is 5.73 Å². The molecule has 1 fully saturated rings. The van der Waals surface area contributed by atoms with Gasteiger partial charge in [0.05, 0.1) is 7.11 Å². The van der Waals surface area contributed by atoms with Gasteiger partial charge in [-0.1, -0.05) is 18.9 Å². The Bertz CT molecular complexity index is 426. The number of benzene rings is 1. The van der Waals surface area contributed by atoms with E-state index < -0.39 is 6.61 Å². The van der Waals surface area contributed by atoms with Gasteiger partial charge >= 0.3 is 6.61 Å². The lowest BCUT2D eigenvalue weighted by molar-refractivity contribution is -0.0512. The van der Waals surface area contributed by atoms with Crippen LogP contribution in [-0.2, 0) is 0 Å². The van der Waals surface area contributed by atoms with Gasteiger partial charge in [-0.15, -0.1) is 0 Å². The van der Waals surface area contributed by atoms with E-state index in [4.69, 9.17) is 10.5 Å². The molecule has 0 saturated heterocycles. The molecule has 2 atom stereocenters. The Kier molecular flexibility index (Phi) is 4.58. The Morgan fingerprint density at radius 1 is 1.21 bits per heavy atom. The topological polar surface area (TPSA) is 44.5 Å². The fraction of sp³-hybridized carbons (Fsp3) is 0.571. The largest absolute Gasteiger partial charge is 0.493 e. The minimum Gasteiger partial charge on any atom is -0.493 e. The Morgan fingerprint density at radius 3 is 2.58 bits per heavy atom. The van der Waals surface area contributed by atoms with Crippen molar-refractivity contribution in [2.45, 2.75) is 44.3 Å². The number of ether oxygens (including phenoxy) is 2. The van der Waals surface area contributed by atoms with E-state index in [1.165, 1.54) is 7.11 Å². The molecule has 2 N–H and O–H groups in total. The fourth-order valence-corrected chi connectivity index (χ4v) is 2.69. The Morgan fingerprint density at radius 2 is 1.95 bits per heavy atom. The SMILES string of the molecule is COc1ccc([C@@H]2CCCC[C@@H]2N)cc1OC(F)F. The van der Waals surface area contributed by atoms with Gasteiger partial charge in [0.25, 0.3) is 0 Å². The maximum atomic E-state index is 12.4. The first-order valence-electron chi connectivity index (χ1n) is 6.50. The molecule has 1 aromatic carbocycles. The monoisotopic (exact) mass is 271 g/mol. The van der Waals surface area contributed by atoms with Gasteiger partial charge in [0.2, 0.25) is 0 Å². The van der Waals surface area contributed by atoms with Crippen LogP contribution in [0.25, 0.3) is 0 Å². The van der Waals surface area contributed by atoms with E-state index in [2.05, 4.69) is 4.74 Å². The minimum absolute atomic E-state index is 0.0766. The molecule has 0 unspecified atom stereocenters. The Hall–Kier alpha value is -1.36. The van der Waals surface area contributed by atoms with Crippen LogP contribution < -0.4 is 15.2 Å². The average Bonchev–Trinajstić information content (AvgIpc) is 2.38. The normalized spacial score (nSPS) is 23.4. The number of methoxy groups -OCH3 is 1. The van der Waals surface area contributed by atoms with Crippen molar-refractivity contribution in [1.29, 1.82) is 0 Å². The Labute approximate surface area is 111 Å². The number of alkyl halides is 2. The molecule has 1 aliphatic rings. The van der Waals surface area contributed by atoms with Crippen molar-refractivity contribution in [3.8, 4) is 11.5 Å². The number of nitrogens with two attached hydrogens (primary N) is 1. The molecule has 106 valence electrons. The second-order valence-electron chi connectivity index (χ2n) is 4.84. The van der Waals surface area contributed by atoms with Crippen molar-refractivity contribution in [1.82, 2.24) is 0 Å². The molecule has 1 saturated carbocycles. The summed E-state index contributed by atoms with van der Waals surface area (Å²) in [7, 11) is 1.43. The van der Waals surface area contributed by atoms with Crippen LogP contribution in [0, 0.1) is 0 Å². The maximum Gasteiger partial charge on any atom is 0.387 e. The van der Waals surface area contributed by atoms with Crippen LogP contribution >= 0.6 is 0 Å². The lowest BCUT2D eigenvalue weighted by Gasteiger charge is -2.29. The van der Waals surface area contributed by atoms with Gasteiger partial charge in [-0.3, -0.25) is 0 Å². The zero-order valence-electron chi connectivity index (χ0n) is 10.9. The average molecular weight is 271 g/mol. The molecule has 0 aromatic heterocycles. The van der Waals surface area contributed by atoms with Gasteiger partial charge in [-0.25, -0.2) is 0 Å². The lowest BCUT2D eigenvalue weighted by atomic mass is 9.80. The van der Waals surface area contributed by atoms with Crippen LogP contribution in [0.15, 0.2) is 18.2 Å². The van der Waals surface area contributed by atoms with Gasteiger partial charge in [0.1, 0.15) is 0 Å². The molecule has 0 spiro atoms. The molecule has 0 amide bonds. The summed E-state index contributed by atoms with van der Waals surface area (Å²) < 4.78 is 34.3. The highest BCUT2D eigenvalue weighted by Gasteiger charge is 2.24. The van der Waals surface area contributed by atoms with E-state index in [1.54, 1.807) is 12.1 Å². The molecule has 2 rings (SSSR count). The third-order valence-corrected chi connectivity index (χ3v) is 3.65. The third-order valence-electron chi connectivity index (χ3n) is 3.65.